The van der Waals surface area contributed by atoms with Crippen LogP contribution in [0.5, 0.6) is 5.75 Å². The first kappa shape index (κ1) is 29.2. The molecule has 1 aromatic heterocycles. The van der Waals surface area contributed by atoms with E-state index in [1.165, 1.54) is 14.0 Å². The molecule has 0 unspecified atom stereocenters. The molecule has 15 heteroatoms. The molecule has 6 atom stereocenters. The molecule has 0 aliphatic carbocycles. The van der Waals surface area contributed by atoms with Crippen molar-refractivity contribution in [1.29, 1.82) is 0 Å². The summed E-state index contributed by atoms with van der Waals surface area (Å²) < 4.78 is 35.5. The normalized spacial score (nSPS) is 25.9. The number of esters is 1. The van der Waals surface area contributed by atoms with E-state index in [0.717, 1.165) is 10.6 Å². The summed E-state index contributed by atoms with van der Waals surface area (Å²) in [7, 11) is -2.64. The number of halogens is 1. The molecular weight excluding hydrogens is 527 g/mol. The molecule has 0 amide bonds. The zero-order valence-electron chi connectivity index (χ0n) is 20.8. The van der Waals surface area contributed by atoms with Crippen LogP contribution in [0.25, 0.3) is 0 Å². The van der Waals surface area contributed by atoms with Gasteiger partial charge in [0.15, 0.2) is 6.23 Å². The lowest BCUT2D eigenvalue weighted by Gasteiger charge is -2.27. The molecule has 3 N–H and O–H groups in total. The lowest BCUT2D eigenvalue weighted by Crippen LogP contribution is -2.45. The van der Waals surface area contributed by atoms with Crippen LogP contribution in [-0.4, -0.2) is 64.7 Å². The topological polar surface area (TPSA) is 158 Å². The minimum atomic E-state index is -4.10. The first-order valence-corrected chi connectivity index (χ1v) is 13.5. The Morgan fingerprint density at radius 2 is 1.97 bits per heavy atom. The molecule has 0 bridgehead atoms. The SMILES string of the molecule is B[C@]1(Cl)[C@H](O)[C@@H](CO[P@](=O)(N[C@@H](C)COC(=O)C(C)C)Oc2ccccc2)O[C@H]1n1ccc(=O)[nH]c1=O. The Labute approximate surface area is 219 Å². The average Bonchev–Trinajstić information content (AvgIpc) is 3.05. The molecule has 1 aromatic carbocycles. The van der Waals surface area contributed by atoms with E-state index in [1.54, 1.807) is 51.1 Å². The third kappa shape index (κ3) is 7.34. The third-order valence-electron chi connectivity index (χ3n) is 5.52. The van der Waals surface area contributed by atoms with Gasteiger partial charge in [-0.2, -0.15) is 0 Å². The maximum atomic E-state index is 13.7. The van der Waals surface area contributed by atoms with E-state index < -0.39 is 60.8 Å². The number of para-hydroxylation sites is 1. The number of H-pyrrole nitrogens is 1. The van der Waals surface area contributed by atoms with Crippen molar-refractivity contribution >= 4 is 33.2 Å². The molecule has 3 rings (SSSR count). The van der Waals surface area contributed by atoms with Gasteiger partial charge in [-0.1, -0.05) is 32.0 Å². The van der Waals surface area contributed by atoms with Gasteiger partial charge in [0.2, 0.25) is 0 Å². The molecule has 37 heavy (non-hydrogen) atoms. The first-order valence-electron chi connectivity index (χ1n) is 11.6. The van der Waals surface area contributed by atoms with Gasteiger partial charge in [0.1, 0.15) is 26.3 Å². The molecule has 1 aliphatic rings. The van der Waals surface area contributed by atoms with Gasteiger partial charge in [0, 0.05) is 18.3 Å². The number of aromatic amines is 1. The zero-order valence-corrected chi connectivity index (χ0v) is 22.5. The van der Waals surface area contributed by atoms with Crippen LogP contribution in [-0.2, 0) is 23.4 Å². The monoisotopic (exact) mass is 557 g/mol. The van der Waals surface area contributed by atoms with Crippen LogP contribution < -0.4 is 20.9 Å². The molecule has 2 aromatic rings. The van der Waals surface area contributed by atoms with Gasteiger partial charge in [-0.15, -0.1) is 11.6 Å². The number of nitrogens with zero attached hydrogens (tertiary/aromatic N) is 1. The third-order valence-corrected chi connectivity index (χ3v) is 7.63. The molecule has 0 spiro atoms. The van der Waals surface area contributed by atoms with E-state index in [9.17, 15) is 24.1 Å². The van der Waals surface area contributed by atoms with Crippen LogP contribution in [0.1, 0.15) is 27.0 Å². The summed E-state index contributed by atoms with van der Waals surface area (Å²) in [6.07, 6.45) is -2.44. The van der Waals surface area contributed by atoms with Crippen molar-refractivity contribution in [3.05, 3.63) is 63.4 Å². The summed E-state index contributed by atoms with van der Waals surface area (Å²) in [6, 6.07) is 8.77. The molecular formula is C22H30BClN3O9P. The molecule has 1 aliphatic heterocycles. The highest BCUT2D eigenvalue weighted by Crippen LogP contribution is 2.47. The second-order valence-corrected chi connectivity index (χ2v) is 11.7. The van der Waals surface area contributed by atoms with Gasteiger partial charge >= 0.3 is 19.4 Å². The minimum Gasteiger partial charge on any atom is -0.464 e. The lowest BCUT2D eigenvalue weighted by molar-refractivity contribution is -0.147. The van der Waals surface area contributed by atoms with Gasteiger partial charge in [-0.25, -0.2) is 14.4 Å². The van der Waals surface area contributed by atoms with Crippen LogP contribution in [0.15, 0.2) is 52.2 Å². The van der Waals surface area contributed by atoms with Crippen molar-refractivity contribution in [2.24, 2.45) is 5.92 Å². The summed E-state index contributed by atoms with van der Waals surface area (Å²) in [6.45, 7) is 4.49. The Bertz CT molecular complexity index is 1240. The van der Waals surface area contributed by atoms with Crippen LogP contribution in [0, 0.1) is 5.92 Å². The minimum absolute atomic E-state index is 0.0952. The summed E-state index contributed by atoms with van der Waals surface area (Å²) in [4.78, 5) is 37.6. The first-order chi connectivity index (χ1) is 17.3. The van der Waals surface area contributed by atoms with Gasteiger partial charge < -0.3 is 19.1 Å². The van der Waals surface area contributed by atoms with Crippen molar-refractivity contribution in [1.82, 2.24) is 14.6 Å². The maximum absolute atomic E-state index is 13.7. The molecule has 0 radical (unpaired) electrons. The van der Waals surface area contributed by atoms with E-state index in [1.807, 2.05) is 0 Å². The number of hydrogen-bond acceptors (Lipinski definition) is 9. The Hall–Kier alpha value is -2.41. The number of aliphatic hydroxyl groups is 1. The fourth-order valence-electron chi connectivity index (χ4n) is 3.53. The standard InChI is InChI=1S/C22H30BClN3O9P/c1-13(2)19(30)33-11-14(3)26-37(32,36-15-7-5-4-6-8-15)34-12-16-18(29)22(23,24)20(35-16)27-10-9-17(28)25-21(27)31/h4-10,13-14,16,18,20,29H,11-12,23H2,1-3H3,(H,26,32)(H,25,28,31)/t14-,16+,18+,20+,22-,37+/m0/s1. The van der Waals surface area contributed by atoms with Crippen molar-refractivity contribution in [2.45, 2.75) is 50.0 Å². The van der Waals surface area contributed by atoms with E-state index in [2.05, 4.69) is 10.1 Å². The Balaban J connectivity index is 1.75. The average molecular weight is 558 g/mol. The van der Waals surface area contributed by atoms with Gasteiger partial charge in [0.05, 0.1) is 23.4 Å². The second kappa shape index (κ2) is 12.0. The molecule has 1 fully saturated rings. The van der Waals surface area contributed by atoms with Crippen molar-refractivity contribution in [2.75, 3.05) is 13.2 Å². The van der Waals surface area contributed by atoms with E-state index >= 15 is 0 Å². The fourth-order valence-corrected chi connectivity index (χ4v) is 5.36. The summed E-state index contributed by atoms with van der Waals surface area (Å²) in [5.74, 6) is -0.497. The molecule has 202 valence electrons. The zero-order chi connectivity index (χ0) is 27.4. The second-order valence-electron chi connectivity index (χ2n) is 9.15. The van der Waals surface area contributed by atoms with Crippen LogP contribution in [0.2, 0.25) is 0 Å². The van der Waals surface area contributed by atoms with Crippen LogP contribution in [0.3, 0.4) is 0 Å². The maximum Gasteiger partial charge on any atom is 0.459 e. The quantitative estimate of drug-likeness (QED) is 0.156. The number of ether oxygens (including phenoxy) is 2. The van der Waals surface area contributed by atoms with Crippen molar-refractivity contribution in [3.63, 3.8) is 0 Å². The van der Waals surface area contributed by atoms with Crippen molar-refractivity contribution < 1.29 is 33.0 Å². The number of hydrogen-bond donors (Lipinski definition) is 3. The molecule has 1 saturated heterocycles. The number of benzene rings is 1. The highest BCUT2D eigenvalue weighted by molar-refractivity contribution is 7.52. The molecule has 0 saturated carbocycles. The number of carbonyl (C=O) groups excluding carboxylic acids is 1. The van der Waals surface area contributed by atoms with Crippen molar-refractivity contribution in [3.8, 4) is 5.75 Å². The lowest BCUT2D eigenvalue weighted by atomic mass is 9.79. The highest BCUT2D eigenvalue weighted by Gasteiger charge is 2.53. The summed E-state index contributed by atoms with van der Waals surface area (Å²) in [5.41, 5.74) is -1.38. The predicted octanol–water partition coefficient (Wildman–Crippen LogP) is 0.744. The Morgan fingerprint density at radius 3 is 2.59 bits per heavy atom. The number of aromatic nitrogens is 2. The molecule has 2 heterocycles. The van der Waals surface area contributed by atoms with Gasteiger partial charge in [-0.3, -0.25) is 23.7 Å². The number of alkyl halides is 1. The van der Waals surface area contributed by atoms with Crippen LogP contribution in [0.4, 0.5) is 0 Å². The number of rotatable bonds is 11. The van der Waals surface area contributed by atoms with E-state index in [4.69, 9.17) is 30.1 Å². The smallest absolute Gasteiger partial charge is 0.459 e. The van der Waals surface area contributed by atoms with Crippen LogP contribution >= 0.6 is 19.3 Å². The fraction of sp³-hybridized carbons (Fsp3) is 0.500. The largest absolute Gasteiger partial charge is 0.464 e. The Morgan fingerprint density at radius 1 is 1.30 bits per heavy atom. The summed E-state index contributed by atoms with van der Waals surface area (Å²) in [5, 5.41) is 13.5. The number of carbonyl (C=O) groups is 1. The number of aliphatic hydroxyl groups excluding tert-OH is 1. The molecule has 12 nitrogen and oxygen atoms in total. The van der Waals surface area contributed by atoms with Gasteiger partial charge in [-0.05, 0) is 19.1 Å². The Kier molecular flexibility index (Phi) is 9.44. The highest BCUT2D eigenvalue weighted by atomic mass is 35.5. The van der Waals surface area contributed by atoms with E-state index in [0.29, 0.717) is 0 Å². The van der Waals surface area contributed by atoms with E-state index in [-0.39, 0.29) is 18.3 Å². The predicted molar refractivity (Wildman–Crippen MR) is 137 cm³/mol. The summed E-state index contributed by atoms with van der Waals surface area (Å²) >= 11 is 6.54. The van der Waals surface area contributed by atoms with Gasteiger partial charge in [0.25, 0.3) is 5.56 Å². The number of nitrogens with one attached hydrogen (secondary N) is 2.